The third-order valence-electron chi connectivity index (χ3n) is 4.33. The Bertz CT molecular complexity index is 649. The van der Waals surface area contributed by atoms with Crippen molar-refractivity contribution in [3.05, 3.63) is 30.1 Å². The van der Waals surface area contributed by atoms with Gasteiger partial charge in [0.1, 0.15) is 5.82 Å². The van der Waals surface area contributed by atoms with Crippen LogP contribution in [0.1, 0.15) is 38.6 Å². The molecule has 23 heavy (non-hydrogen) atoms. The molecule has 0 spiro atoms. The standard InChI is InChI=1S/C17H24N4O2/c1-11(2)15(16-18-13-7-3-4-8-14(13)19-16)20-17(23)21-9-5-6-12(22)10-21/h3-4,7-8,11-12,15,22H,5-6,9-10H2,1-2H3,(H,18,19)(H,20,23)/t12-,15-/m0/s1. The van der Waals surface area contributed by atoms with Gasteiger partial charge in [0.05, 0.1) is 23.2 Å². The molecule has 3 rings (SSSR count). The predicted octanol–water partition coefficient (Wildman–Crippen LogP) is 2.43. The predicted molar refractivity (Wildman–Crippen MR) is 89.0 cm³/mol. The summed E-state index contributed by atoms with van der Waals surface area (Å²) < 4.78 is 0. The maximum Gasteiger partial charge on any atom is 0.318 e. The molecule has 2 atom stereocenters. The fourth-order valence-electron chi connectivity index (χ4n) is 3.03. The highest BCUT2D eigenvalue weighted by Crippen LogP contribution is 2.23. The van der Waals surface area contributed by atoms with Gasteiger partial charge in [-0.15, -0.1) is 0 Å². The van der Waals surface area contributed by atoms with Gasteiger partial charge in [-0.2, -0.15) is 0 Å². The lowest BCUT2D eigenvalue weighted by Gasteiger charge is -2.32. The number of carbonyl (C=O) groups is 1. The molecule has 6 heteroatoms. The number of aliphatic hydroxyl groups excluding tert-OH is 1. The van der Waals surface area contributed by atoms with Crippen LogP contribution in [0.5, 0.6) is 0 Å². The van der Waals surface area contributed by atoms with Crippen molar-refractivity contribution in [1.82, 2.24) is 20.2 Å². The quantitative estimate of drug-likeness (QED) is 0.813. The van der Waals surface area contributed by atoms with E-state index in [0.717, 1.165) is 29.7 Å². The van der Waals surface area contributed by atoms with E-state index in [1.807, 2.05) is 24.3 Å². The maximum atomic E-state index is 12.5. The van der Waals surface area contributed by atoms with Gasteiger partial charge in [0.25, 0.3) is 0 Å². The molecule has 0 unspecified atom stereocenters. The number of imidazole rings is 1. The number of piperidine rings is 1. The highest BCUT2D eigenvalue weighted by molar-refractivity contribution is 5.76. The molecule has 0 radical (unpaired) electrons. The lowest BCUT2D eigenvalue weighted by molar-refractivity contribution is 0.0825. The number of carbonyl (C=O) groups excluding carboxylic acids is 1. The topological polar surface area (TPSA) is 81.2 Å². The van der Waals surface area contributed by atoms with Crippen LogP contribution in [-0.2, 0) is 0 Å². The summed E-state index contributed by atoms with van der Waals surface area (Å²) >= 11 is 0. The summed E-state index contributed by atoms with van der Waals surface area (Å²) in [6.07, 6.45) is 1.19. The molecule has 1 aliphatic heterocycles. The van der Waals surface area contributed by atoms with Crippen molar-refractivity contribution in [1.29, 1.82) is 0 Å². The number of aliphatic hydroxyl groups is 1. The van der Waals surface area contributed by atoms with E-state index >= 15 is 0 Å². The average Bonchev–Trinajstić information content (AvgIpc) is 2.95. The Hall–Kier alpha value is -2.08. The summed E-state index contributed by atoms with van der Waals surface area (Å²) in [4.78, 5) is 22.1. The molecular weight excluding hydrogens is 292 g/mol. The van der Waals surface area contributed by atoms with Gasteiger partial charge in [-0.1, -0.05) is 26.0 Å². The number of H-pyrrole nitrogens is 1. The number of rotatable bonds is 3. The number of amides is 2. The van der Waals surface area contributed by atoms with Crippen LogP contribution >= 0.6 is 0 Å². The second kappa shape index (κ2) is 6.58. The van der Waals surface area contributed by atoms with E-state index < -0.39 is 6.10 Å². The smallest absolute Gasteiger partial charge is 0.318 e. The SMILES string of the molecule is CC(C)[C@H](NC(=O)N1CCC[C@H](O)C1)c1nc2ccccc2[nH]1. The summed E-state index contributed by atoms with van der Waals surface area (Å²) in [5, 5.41) is 12.8. The van der Waals surface area contributed by atoms with Gasteiger partial charge in [0.15, 0.2) is 0 Å². The van der Waals surface area contributed by atoms with E-state index in [-0.39, 0.29) is 18.0 Å². The molecule has 124 valence electrons. The fourth-order valence-corrected chi connectivity index (χ4v) is 3.03. The molecule has 1 aromatic heterocycles. The van der Waals surface area contributed by atoms with E-state index in [1.165, 1.54) is 0 Å². The Balaban J connectivity index is 1.77. The Kier molecular flexibility index (Phi) is 4.52. The summed E-state index contributed by atoms with van der Waals surface area (Å²) in [7, 11) is 0. The van der Waals surface area contributed by atoms with Crippen LogP contribution in [0.25, 0.3) is 11.0 Å². The third-order valence-corrected chi connectivity index (χ3v) is 4.33. The van der Waals surface area contributed by atoms with Gasteiger partial charge < -0.3 is 20.3 Å². The van der Waals surface area contributed by atoms with Crippen molar-refractivity contribution in [2.75, 3.05) is 13.1 Å². The van der Waals surface area contributed by atoms with E-state index in [2.05, 4.69) is 29.1 Å². The van der Waals surface area contributed by atoms with Gasteiger partial charge in [0.2, 0.25) is 0 Å². The monoisotopic (exact) mass is 316 g/mol. The largest absolute Gasteiger partial charge is 0.391 e. The molecule has 0 bridgehead atoms. The van der Waals surface area contributed by atoms with Crippen LogP contribution in [0.15, 0.2) is 24.3 Å². The molecule has 0 saturated carbocycles. The van der Waals surface area contributed by atoms with Crippen LogP contribution < -0.4 is 5.32 Å². The first kappa shape index (κ1) is 15.8. The van der Waals surface area contributed by atoms with Crippen LogP contribution in [0.2, 0.25) is 0 Å². The van der Waals surface area contributed by atoms with Crippen molar-refractivity contribution < 1.29 is 9.90 Å². The Morgan fingerprint density at radius 3 is 2.91 bits per heavy atom. The minimum Gasteiger partial charge on any atom is -0.391 e. The van der Waals surface area contributed by atoms with Crippen molar-refractivity contribution in [3.63, 3.8) is 0 Å². The number of hydrogen-bond donors (Lipinski definition) is 3. The molecule has 1 aliphatic rings. The van der Waals surface area contributed by atoms with E-state index in [9.17, 15) is 9.90 Å². The molecule has 2 aromatic rings. The third kappa shape index (κ3) is 3.47. The van der Waals surface area contributed by atoms with Crippen LogP contribution in [0, 0.1) is 5.92 Å². The minimum atomic E-state index is -0.418. The van der Waals surface area contributed by atoms with Gasteiger partial charge in [-0.05, 0) is 30.9 Å². The number of hydrogen-bond acceptors (Lipinski definition) is 3. The van der Waals surface area contributed by atoms with Crippen LogP contribution in [0.4, 0.5) is 4.79 Å². The van der Waals surface area contributed by atoms with Gasteiger partial charge in [0, 0.05) is 13.1 Å². The number of para-hydroxylation sites is 2. The molecule has 2 amide bonds. The van der Waals surface area contributed by atoms with E-state index in [0.29, 0.717) is 13.1 Å². The van der Waals surface area contributed by atoms with Crippen molar-refractivity contribution in [2.24, 2.45) is 5.92 Å². The summed E-state index contributed by atoms with van der Waals surface area (Å²) in [6.45, 7) is 5.21. The number of β-amino-alcohol motifs (C(OH)–C–C–N with tert-alkyl or cyclic N) is 1. The fraction of sp³-hybridized carbons (Fsp3) is 0.529. The molecule has 0 aliphatic carbocycles. The molecular formula is C17H24N4O2. The Labute approximate surface area is 135 Å². The zero-order chi connectivity index (χ0) is 16.4. The van der Waals surface area contributed by atoms with Gasteiger partial charge in [-0.25, -0.2) is 9.78 Å². The first-order chi connectivity index (χ1) is 11.0. The molecule has 1 saturated heterocycles. The Morgan fingerprint density at radius 2 is 2.22 bits per heavy atom. The summed E-state index contributed by atoms with van der Waals surface area (Å²) in [6, 6.07) is 7.52. The number of fused-ring (bicyclic) bond motifs is 1. The number of nitrogens with one attached hydrogen (secondary N) is 2. The average molecular weight is 316 g/mol. The second-order valence-electron chi connectivity index (χ2n) is 6.55. The molecule has 2 heterocycles. The van der Waals surface area contributed by atoms with Crippen molar-refractivity contribution >= 4 is 17.1 Å². The lowest BCUT2D eigenvalue weighted by atomic mass is 10.0. The summed E-state index contributed by atoms with van der Waals surface area (Å²) in [5.74, 6) is 0.973. The van der Waals surface area contributed by atoms with Crippen molar-refractivity contribution in [2.45, 2.75) is 38.8 Å². The maximum absolute atomic E-state index is 12.5. The van der Waals surface area contributed by atoms with Crippen molar-refractivity contribution in [3.8, 4) is 0 Å². The number of likely N-dealkylation sites (tertiary alicyclic amines) is 1. The zero-order valence-electron chi connectivity index (χ0n) is 13.6. The zero-order valence-corrected chi connectivity index (χ0v) is 13.6. The number of nitrogens with zero attached hydrogens (tertiary/aromatic N) is 2. The molecule has 1 aromatic carbocycles. The lowest BCUT2D eigenvalue weighted by Crippen LogP contribution is -2.48. The van der Waals surface area contributed by atoms with Gasteiger partial charge in [-0.3, -0.25) is 0 Å². The second-order valence-corrected chi connectivity index (χ2v) is 6.55. The van der Waals surface area contributed by atoms with Crippen LogP contribution in [0.3, 0.4) is 0 Å². The van der Waals surface area contributed by atoms with Gasteiger partial charge >= 0.3 is 6.03 Å². The number of urea groups is 1. The Morgan fingerprint density at radius 1 is 1.43 bits per heavy atom. The number of aromatic nitrogens is 2. The van der Waals surface area contributed by atoms with E-state index in [1.54, 1.807) is 4.90 Å². The normalized spacial score (nSPS) is 20.0. The molecule has 3 N–H and O–H groups in total. The highest BCUT2D eigenvalue weighted by atomic mass is 16.3. The molecule has 6 nitrogen and oxygen atoms in total. The molecule has 1 fully saturated rings. The van der Waals surface area contributed by atoms with Crippen LogP contribution in [-0.4, -0.2) is 45.2 Å². The number of benzene rings is 1. The first-order valence-electron chi connectivity index (χ1n) is 8.22. The minimum absolute atomic E-state index is 0.136. The first-order valence-corrected chi connectivity index (χ1v) is 8.22. The highest BCUT2D eigenvalue weighted by Gasteiger charge is 2.27. The van der Waals surface area contributed by atoms with E-state index in [4.69, 9.17) is 0 Å². The number of aromatic amines is 1. The summed E-state index contributed by atoms with van der Waals surface area (Å²) in [5.41, 5.74) is 1.87.